The lowest BCUT2D eigenvalue weighted by Crippen LogP contribution is -2.23. The van der Waals surface area contributed by atoms with Gasteiger partial charge in [0, 0.05) is 4.47 Å². The van der Waals surface area contributed by atoms with E-state index in [-0.39, 0.29) is 17.6 Å². The first-order valence-corrected chi connectivity index (χ1v) is 8.26. The number of carbonyl (C=O) groups excluding carboxylic acids is 1. The zero-order valence-electron chi connectivity index (χ0n) is 12.2. The topological polar surface area (TPSA) is 72.7 Å². The van der Waals surface area contributed by atoms with Crippen molar-refractivity contribution in [1.29, 1.82) is 0 Å². The van der Waals surface area contributed by atoms with E-state index in [1.807, 2.05) is 13.8 Å². The normalized spacial score (nSPS) is 12.5. The van der Waals surface area contributed by atoms with Gasteiger partial charge in [-0.25, -0.2) is 9.07 Å². The first-order valence-electron chi connectivity index (χ1n) is 6.59. The predicted octanol–water partition coefficient (Wildman–Crippen LogP) is 3.27. The minimum atomic E-state index is -0.494. The molecule has 2 aromatic rings. The van der Waals surface area contributed by atoms with Crippen molar-refractivity contribution < 1.29 is 9.18 Å². The third-order valence-corrected chi connectivity index (χ3v) is 4.33. The number of halogens is 2. The van der Waals surface area contributed by atoms with Crippen LogP contribution in [0, 0.1) is 5.82 Å². The highest BCUT2D eigenvalue weighted by atomic mass is 79.9. The third-order valence-electron chi connectivity index (χ3n) is 2.79. The number of tetrazole rings is 1. The number of hydrogen-bond donors (Lipinski definition) is 1. The second-order valence-corrected chi connectivity index (χ2v) is 7.10. The number of benzene rings is 1. The Labute approximate surface area is 140 Å². The Morgan fingerprint density at radius 1 is 1.41 bits per heavy atom. The van der Waals surface area contributed by atoms with Crippen molar-refractivity contribution in [2.75, 3.05) is 5.32 Å². The lowest BCUT2D eigenvalue weighted by atomic mass is 10.3. The Kier molecular flexibility index (Phi) is 5.52. The maximum absolute atomic E-state index is 13.7. The summed E-state index contributed by atoms with van der Waals surface area (Å²) in [5, 5.41) is 14.0. The molecule has 1 aromatic carbocycles. The fourth-order valence-electron chi connectivity index (χ4n) is 1.62. The second kappa shape index (κ2) is 7.19. The molecular weight excluding hydrogens is 373 g/mol. The SMILES string of the molecule is CC(C)n1nnnc1S[C@H](C)C(=O)Nc1ccc(Br)cc1F. The molecule has 1 amide bonds. The van der Waals surface area contributed by atoms with Crippen molar-refractivity contribution in [2.45, 2.75) is 37.2 Å². The van der Waals surface area contributed by atoms with Gasteiger partial charge in [0.2, 0.25) is 11.1 Å². The number of nitrogens with one attached hydrogen (secondary N) is 1. The van der Waals surface area contributed by atoms with Gasteiger partial charge in [0.15, 0.2) is 0 Å². The maximum Gasteiger partial charge on any atom is 0.237 e. The molecular formula is C13H15BrFN5OS. The van der Waals surface area contributed by atoms with Gasteiger partial charge in [-0.1, -0.05) is 27.7 Å². The number of amides is 1. The third kappa shape index (κ3) is 4.04. The van der Waals surface area contributed by atoms with E-state index in [1.165, 1.54) is 23.9 Å². The van der Waals surface area contributed by atoms with E-state index in [0.717, 1.165) is 0 Å². The molecule has 2 rings (SSSR count). The molecule has 0 unspecified atom stereocenters. The van der Waals surface area contributed by atoms with Gasteiger partial charge in [0.05, 0.1) is 17.0 Å². The van der Waals surface area contributed by atoms with Crippen molar-refractivity contribution in [3.63, 3.8) is 0 Å². The molecule has 1 atom stereocenters. The number of carbonyl (C=O) groups is 1. The highest BCUT2D eigenvalue weighted by Gasteiger charge is 2.20. The van der Waals surface area contributed by atoms with Crippen LogP contribution in [-0.4, -0.2) is 31.4 Å². The van der Waals surface area contributed by atoms with E-state index in [4.69, 9.17) is 0 Å². The van der Waals surface area contributed by atoms with Crippen LogP contribution in [0.3, 0.4) is 0 Å². The van der Waals surface area contributed by atoms with Crippen LogP contribution in [0.15, 0.2) is 27.8 Å². The van der Waals surface area contributed by atoms with E-state index >= 15 is 0 Å². The van der Waals surface area contributed by atoms with Gasteiger partial charge < -0.3 is 5.32 Å². The van der Waals surface area contributed by atoms with Crippen molar-refractivity contribution in [3.8, 4) is 0 Å². The van der Waals surface area contributed by atoms with Crippen molar-refractivity contribution in [1.82, 2.24) is 20.2 Å². The zero-order chi connectivity index (χ0) is 16.3. The zero-order valence-corrected chi connectivity index (χ0v) is 14.7. The minimum Gasteiger partial charge on any atom is -0.323 e. The van der Waals surface area contributed by atoms with Crippen LogP contribution in [-0.2, 0) is 4.79 Å². The molecule has 1 aromatic heterocycles. The highest BCUT2D eigenvalue weighted by molar-refractivity contribution is 9.10. The Hall–Kier alpha value is -1.48. The van der Waals surface area contributed by atoms with Crippen LogP contribution in [0.25, 0.3) is 0 Å². The summed E-state index contributed by atoms with van der Waals surface area (Å²) >= 11 is 4.40. The van der Waals surface area contributed by atoms with Crippen LogP contribution in [0.1, 0.15) is 26.8 Å². The molecule has 0 aliphatic carbocycles. The van der Waals surface area contributed by atoms with E-state index in [1.54, 1.807) is 17.7 Å². The number of thioether (sulfide) groups is 1. The van der Waals surface area contributed by atoms with Gasteiger partial charge in [-0.05, 0) is 49.4 Å². The summed E-state index contributed by atoms with van der Waals surface area (Å²) < 4.78 is 16.0. The lowest BCUT2D eigenvalue weighted by molar-refractivity contribution is -0.115. The fraction of sp³-hybridized carbons (Fsp3) is 0.385. The van der Waals surface area contributed by atoms with E-state index < -0.39 is 11.1 Å². The van der Waals surface area contributed by atoms with Gasteiger partial charge in [-0.2, -0.15) is 0 Å². The average Bonchev–Trinajstić information content (AvgIpc) is 2.90. The summed E-state index contributed by atoms with van der Waals surface area (Å²) in [6, 6.07) is 4.56. The molecule has 22 heavy (non-hydrogen) atoms. The van der Waals surface area contributed by atoms with Crippen LogP contribution >= 0.6 is 27.7 Å². The predicted molar refractivity (Wildman–Crippen MR) is 86.3 cm³/mol. The first kappa shape index (κ1) is 16.9. The first-order chi connectivity index (χ1) is 10.4. The fourth-order valence-corrected chi connectivity index (χ4v) is 2.88. The molecule has 0 spiro atoms. The van der Waals surface area contributed by atoms with Crippen molar-refractivity contribution >= 4 is 39.3 Å². The molecule has 6 nitrogen and oxygen atoms in total. The smallest absolute Gasteiger partial charge is 0.237 e. The number of anilines is 1. The van der Waals surface area contributed by atoms with E-state index in [9.17, 15) is 9.18 Å². The molecule has 0 bridgehead atoms. The Morgan fingerprint density at radius 2 is 2.14 bits per heavy atom. The summed E-state index contributed by atoms with van der Waals surface area (Å²) in [6.07, 6.45) is 0. The summed E-state index contributed by atoms with van der Waals surface area (Å²) in [5.41, 5.74) is 0.143. The van der Waals surface area contributed by atoms with Gasteiger partial charge >= 0.3 is 0 Å². The summed E-state index contributed by atoms with van der Waals surface area (Å²) in [7, 11) is 0. The molecule has 1 N–H and O–H groups in total. The summed E-state index contributed by atoms with van der Waals surface area (Å²) in [5.74, 6) is -0.809. The van der Waals surface area contributed by atoms with Gasteiger partial charge in [-0.15, -0.1) is 5.10 Å². The van der Waals surface area contributed by atoms with Crippen LogP contribution in [0.5, 0.6) is 0 Å². The standard InChI is InChI=1S/C13H15BrFN5OS/c1-7(2)20-13(17-18-19-20)22-8(3)12(21)16-11-5-4-9(14)6-10(11)15/h4-8H,1-3H3,(H,16,21)/t8-/m1/s1. The molecule has 118 valence electrons. The number of nitrogens with zero attached hydrogens (tertiary/aromatic N) is 4. The highest BCUT2D eigenvalue weighted by Crippen LogP contribution is 2.25. The molecule has 9 heteroatoms. The molecule has 0 fully saturated rings. The lowest BCUT2D eigenvalue weighted by Gasteiger charge is -2.13. The quantitative estimate of drug-likeness (QED) is 0.796. The number of aromatic nitrogens is 4. The molecule has 0 radical (unpaired) electrons. The maximum atomic E-state index is 13.7. The van der Waals surface area contributed by atoms with Gasteiger partial charge in [0.25, 0.3) is 0 Å². The largest absolute Gasteiger partial charge is 0.323 e. The Balaban J connectivity index is 2.04. The van der Waals surface area contributed by atoms with Gasteiger partial charge in [-0.3, -0.25) is 4.79 Å². The van der Waals surface area contributed by atoms with Crippen LogP contribution in [0.2, 0.25) is 0 Å². The molecule has 0 aliphatic heterocycles. The van der Waals surface area contributed by atoms with E-state index in [0.29, 0.717) is 9.63 Å². The molecule has 0 aliphatic rings. The Bertz CT molecular complexity index is 678. The monoisotopic (exact) mass is 387 g/mol. The molecule has 0 saturated carbocycles. The minimum absolute atomic E-state index is 0.0941. The second-order valence-electron chi connectivity index (χ2n) is 4.87. The average molecular weight is 388 g/mol. The number of rotatable bonds is 5. The van der Waals surface area contributed by atoms with Crippen LogP contribution in [0.4, 0.5) is 10.1 Å². The Morgan fingerprint density at radius 3 is 2.77 bits per heavy atom. The number of hydrogen-bond acceptors (Lipinski definition) is 5. The van der Waals surface area contributed by atoms with Gasteiger partial charge in [0.1, 0.15) is 5.82 Å². The summed E-state index contributed by atoms with van der Waals surface area (Å²) in [4.78, 5) is 12.2. The summed E-state index contributed by atoms with van der Waals surface area (Å²) in [6.45, 7) is 5.61. The van der Waals surface area contributed by atoms with Crippen molar-refractivity contribution in [2.24, 2.45) is 0 Å². The molecule has 1 heterocycles. The van der Waals surface area contributed by atoms with Crippen molar-refractivity contribution in [3.05, 3.63) is 28.5 Å². The molecule has 0 saturated heterocycles. The van der Waals surface area contributed by atoms with E-state index in [2.05, 4.69) is 36.8 Å². The van der Waals surface area contributed by atoms with Crippen LogP contribution < -0.4 is 5.32 Å².